The van der Waals surface area contributed by atoms with Crippen LogP contribution in [0.2, 0.25) is 0 Å². The summed E-state index contributed by atoms with van der Waals surface area (Å²) in [5, 5.41) is 0. The number of carbonyl (C=O) groups is 3. The fourth-order valence-electron chi connectivity index (χ4n) is 4.73. The van der Waals surface area contributed by atoms with Gasteiger partial charge in [-0.05, 0) is 30.9 Å². The molecule has 0 spiro atoms. The highest BCUT2D eigenvalue weighted by molar-refractivity contribution is 6.05. The molecule has 2 aromatic carbocycles. The van der Waals surface area contributed by atoms with Gasteiger partial charge in [-0.2, -0.15) is 0 Å². The molecule has 1 saturated heterocycles. The summed E-state index contributed by atoms with van der Waals surface area (Å²) in [6.07, 6.45) is 2.98. The third kappa shape index (κ3) is 4.02. The molecule has 1 heterocycles. The number of likely N-dealkylation sites (tertiary alicyclic amines) is 1. The predicted molar refractivity (Wildman–Crippen MR) is 112 cm³/mol. The van der Waals surface area contributed by atoms with E-state index in [9.17, 15) is 14.4 Å². The highest BCUT2D eigenvalue weighted by Crippen LogP contribution is 2.38. The van der Waals surface area contributed by atoms with Crippen molar-refractivity contribution >= 4 is 17.8 Å². The lowest BCUT2D eigenvalue weighted by Gasteiger charge is -2.23. The first-order chi connectivity index (χ1) is 14.6. The number of benzene rings is 2. The Morgan fingerprint density at radius 1 is 0.900 bits per heavy atom. The monoisotopic (exact) mass is 405 g/mol. The first-order valence-corrected chi connectivity index (χ1v) is 10.7. The second-order valence-electron chi connectivity index (χ2n) is 8.29. The third-order valence-corrected chi connectivity index (χ3v) is 6.19. The molecule has 30 heavy (non-hydrogen) atoms. The van der Waals surface area contributed by atoms with E-state index in [4.69, 9.17) is 4.74 Å². The Hall–Kier alpha value is -2.95. The second-order valence-corrected chi connectivity index (χ2v) is 8.29. The number of nitrogens with zero attached hydrogens (tertiary/aromatic N) is 1. The molecule has 1 aliphatic carbocycles. The number of ether oxygens (including phenoxy) is 1. The van der Waals surface area contributed by atoms with Crippen LogP contribution in [-0.4, -0.2) is 35.3 Å². The molecule has 2 aliphatic rings. The zero-order valence-corrected chi connectivity index (χ0v) is 17.2. The minimum atomic E-state index is -0.569. The zero-order valence-electron chi connectivity index (χ0n) is 17.2. The summed E-state index contributed by atoms with van der Waals surface area (Å²) in [5.41, 5.74) is 1.69. The number of fused-ring (bicyclic) bond motifs is 1. The van der Waals surface area contributed by atoms with Crippen LogP contribution < -0.4 is 0 Å². The van der Waals surface area contributed by atoms with Crippen molar-refractivity contribution in [3.8, 4) is 0 Å². The third-order valence-electron chi connectivity index (χ3n) is 6.19. The Kier molecular flexibility index (Phi) is 5.98. The van der Waals surface area contributed by atoms with Crippen molar-refractivity contribution in [3.05, 3.63) is 71.8 Å². The molecular formula is C25H27NO4. The highest BCUT2D eigenvalue weighted by Gasteiger charge is 2.48. The van der Waals surface area contributed by atoms with E-state index in [0.29, 0.717) is 0 Å². The lowest BCUT2D eigenvalue weighted by Crippen LogP contribution is -2.39. The Balaban J connectivity index is 1.47. The van der Waals surface area contributed by atoms with Gasteiger partial charge >= 0.3 is 5.97 Å². The van der Waals surface area contributed by atoms with Crippen LogP contribution in [0.4, 0.5) is 0 Å². The van der Waals surface area contributed by atoms with Crippen molar-refractivity contribution in [1.82, 2.24) is 4.90 Å². The molecule has 2 amide bonds. The first kappa shape index (κ1) is 20.3. The normalized spacial score (nSPS) is 22.1. The molecule has 5 heteroatoms. The number of rotatable bonds is 6. The smallest absolute Gasteiger partial charge is 0.318 e. The summed E-state index contributed by atoms with van der Waals surface area (Å²) in [4.78, 5) is 39.9. The summed E-state index contributed by atoms with van der Waals surface area (Å²) >= 11 is 0. The molecule has 3 unspecified atom stereocenters. The molecule has 0 aromatic heterocycles. The fraction of sp³-hybridized carbons (Fsp3) is 0.400. The molecule has 0 radical (unpaired) electrons. The average molecular weight is 405 g/mol. The van der Waals surface area contributed by atoms with Crippen molar-refractivity contribution in [1.29, 1.82) is 0 Å². The number of hydrogen-bond donors (Lipinski definition) is 0. The van der Waals surface area contributed by atoms with Gasteiger partial charge in [-0.1, -0.05) is 73.5 Å². The first-order valence-electron chi connectivity index (χ1n) is 10.7. The van der Waals surface area contributed by atoms with E-state index in [1.54, 1.807) is 6.92 Å². The molecule has 4 rings (SSSR count). The number of esters is 1. The topological polar surface area (TPSA) is 63.7 Å². The summed E-state index contributed by atoms with van der Waals surface area (Å²) in [6, 6.07) is 19.0. The van der Waals surface area contributed by atoms with Gasteiger partial charge in [0.05, 0.1) is 18.4 Å². The quantitative estimate of drug-likeness (QED) is 0.540. The molecule has 2 aromatic rings. The number of carbonyl (C=O) groups excluding carboxylic acids is 3. The van der Waals surface area contributed by atoms with Gasteiger partial charge in [-0.25, -0.2) is 0 Å². The average Bonchev–Trinajstić information content (AvgIpc) is 3.00. The summed E-state index contributed by atoms with van der Waals surface area (Å²) in [7, 11) is 0. The molecule has 0 N–H and O–H groups in total. The van der Waals surface area contributed by atoms with Crippen molar-refractivity contribution in [3.63, 3.8) is 0 Å². The lowest BCUT2D eigenvalue weighted by molar-refractivity contribution is -0.154. The van der Waals surface area contributed by atoms with Crippen LogP contribution in [0.15, 0.2) is 60.7 Å². The number of amides is 2. The minimum absolute atomic E-state index is 0.102. The predicted octanol–water partition coefficient (Wildman–Crippen LogP) is 3.93. The van der Waals surface area contributed by atoms with Crippen molar-refractivity contribution in [2.24, 2.45) is 11.8 Å². The molecular weight excluding hydrogens is 378 g/mol. The Labute approximate surface area is 177 Å². The van der Waals surface area contributed by atoms with E-state index in [-0.39, 0.29) is 36.2 Å². The fourth-order valence-corrected chi connectivity index (χ4v) is 4.73. The van der Waals surface area contributed by atoms with E-state index in [1.807, 2.05) is 60.7 Å². The van der Waals surface area contributed by atoms with Gasteiger partial charge in [-0.15, -0.1) is 0 Å². The SMILES string of the molecule is CC(CN1C(=O)C2CCCCC2C1=O)OC(=O)C(c1ccccc1)c1ccccc1. The van der Waals surface area contributed by atoms with E-state index in [0.717, 1.165) is 36.8 Å². The van der Waals surface area contributed by atoms with Gasteiger partial charge in [-0.3, -0.25) is 19.3 Å². The van der Waals surface area contributed by atoms with Crippen molar-refractivity contribution in [2.75, 3.05) is 6.54 Å². The summed E-state index contributed by atoms with van der Waals surface area (Å²) in [5.74, 6) is -1.50. The van der Waals surface area contributed by atoms with Crippen LogP contribution >= 0.6 is 0 Å². The maximum absolute atomic E-state index is 13.1. The van der Waals surface area contributed by atoms with Crippen LogP contribution in [0.25, 0.3) is 0 Å². The maximum atomic E-state index is 13.1. The van der Waals surface area contributed by atoms with Crippen LogP contribution in [-0.2, 0) is 19.1 Å². The minimum Gasteiger partial charge on any atom is -0.460 e. The molecule has 5 nitrogen and oxygen atoms in total. The van der Waals surface area contributed by atoms with Gasteiger partial charge in [0.1, 0.15) is 12.0 Å². The van der Waals surface area contributed by atoms with Crippen LogP contribution in [0, 0.1) is 11.8 Å². The standard InChI is InChI=1S/C25H27NO4/c1-17(16-26-23(27)20-14-8-9-15-21(20)24(26)28)30-25(29)22(18-10-4-2-5-11-18)19-12-6-3-7-13-19/h2-7,10-13,17,20-22H,8-9,14-16H2,1H3. The van der Waals surface area contributed by atoms with E-state index in [2.05, 4.69) is 0 Å². The lowest BCUT2D eigenvalue weighted by atomic mass is 9.81. The van der Waals surface area contributed by atoms with Gasteiger partial charge in [0.15, 0.2) is 0 Å². The van der Waals surface area contributed by atoms with E-state index >= 15 is 0 Å². The number of imide groups is 1. The molecule has 1 saturated carbocycles. The molecule has 0 bridgehead atoms. The largest absolute Gasteiger partial charge is 0.460 e. The Morgan fingerprint density at radius 3 is 1.83 bits per heavy atom. The molecule has 3 atom stereocenters. The van der Waals surface area contributed by atoms with Crippen molar-refractivity contribution in [2.45, 2.75) is 44.6 Å². The van der Waals surface area contributed by atoms with Crippen LogP contribution in [0.3, 0.4) is 0 Å². The van der Waals surface area contributed by atoms with Gasteiger partial charge in [0.25, 0.3) is 0 Å². The van der Waals surface area contributed by atoms with Crippen LogP contribution in [0.5, 0.6) is 0 Å². The van der Waals surface area contributed by atoms with Gasteiger partial charge in [0.2, 0.25) is 11.8 Å². The zero-order chi connectivity index (χ0) is 21.1. The molecule has 2 fully saturated rings. The van der Waals surface area contributed by atoms with E-state index in [1.165, 1.54) is 4.90 Å². The maximum Gasteiger partial charge on any atom is 0.318 e. The second kappa shape index (κ2) is 8.82. The highest BCUT2D eigenvalue weighted by atomic mass is 16.5. The van der Waals surface area contributed by atoms with Gasteiger partial charge in [0, 0.05) is 0 Å². The van der Waals surface area contributed by atoms with E-state index < -0.39 is 12.0 Å². The Bertz CT molecular complexity index is 848. The number of hydrogen-bond acceptors (Lipinski definition) is 4. The summed E-state index contributed by atoms with van der Waals surface area (Å²) in [6.45, 7) is 1.86. The van der Waals surface area contributed by atoms with Crippen LogP contribution in [0.1, 0.15) is 49.7 Å². The van der Waals surface area contributed by atoms with Crippen molar-refractivity contribution < 1.29 is 19.1 Å². The molecule has 156 valence electrons. The molecule has 1 aliphatic heterocycles. The summed E-state index contributed by atoms with van der Waals surface area (Å²) < 4.78 is 5.75. The Morgan fingerprint density at radius 2 is 1.37 bits per heavy atom. The van der Waals surface area contributed by atoms with Gasteiger partial charge < -0.3 is 4.74 Å².